The SMILES string of the molecule is O=C(CN1CCS(=O)(=O)CC1)N1CCCN1C(=S)NCCC1=CCCCC1. The molecule has 0 unspecified atom stereocenters. The third kappa shape index (κ3) is 5.89. The number of rotatable bonds is 5. The number of hydrogen-bond acceptors (Lipinski definition) is 5. The van der Waals surface area contributed by atoms with Crippen LogP contribution < -0.4 is 5.32 Å². The molecule has 1 N–H and O–H groups in total. The molecule has 152 valence electrons. The summed E-state index contributed by atoms with van der Waals surface area (Å²) in [5.74, 6) is 0.269. The number of carbonyl (C=O) groups excluding carboxylic acids is 1. The second-order valence-electron chi connectivity index (χ2n) is 7.51. The van der Waals surface area contributed by atoms with Gasteiger partial charge in [-0.3, -0.25) is 19.7 Å². The van der Waals surface area contributed by atoms with E-state index in [0.29, 0.717) is 24.7 Å². The Morgan fingerprint density at radius 3 is 2.52 bits per heavy atom. The Bertz CT molecular complexity index is 679. The molecule has 1 amide bonds. The molecule has 0 spiro atoms. The Kier molecular flexibility index (Phi) is 7.10. The van der Waals surface area contributed by atoms with Crippen molar-refractivity contribution in [1.82, 2.24) is 20.2 Å². The van der Waals surface area contributed by atoms with E-state index < -0.39 is 9.84 Å². The maximum absolute atomic E-state index is 12.7. The molecule has 2 fully saturated rings. The summed E-state index contributed by atoms with van der Waals surface area (Å²) < 4.78 is 23.1. The zero-order valence-electron chi connectivity index (χ0n) is 15.9. The molecule has 3 rings (SSSR count). The zero-order chi connectivity index (χ0) is 19.3. The molecule has 0 aromatic heterocycles. The number of hydrogen-bond donors (Lipinski definition) is 1. The summed E-state index contributed by atoms with van der Waals surface area (Å²) in [6, 6.07) is 0. The van der Waals surface area contributed by atoms with E-state index in [9.17, 15) is 13.2 Å². The molecule has 9 heteroatoms. The highest BCUT2D eigenvalue weighted by molar-refractivity contribution is 7.91. The van der Waals surface area contributed by atoms with Crippen molar-refractivity contribution in [2.75, 3.05) is 50.8 Å². The van der Waals surface area contributed by atoms with Crippen LogP contribution in [0.3, 0.4) is 0 Å². The van der Waals surface area contributed by atoms with Crippen molar-refractivity contribution in [1.29, 1.82) is 0 Å². The molecule has 2 aliphatic heterocycles. The quantitative estimate of drug-likeness (QED) is 0.530. The number of amides is 1. The highest BCUT2D eigenvalue weighted by Crippen LogP contribution is 2.19. The molecule has 0 aromatic carbocycles. The minimum absolute atomic E-state index is 0.00839. The Morgan fingerprint density at radius 2 is 1.81 bits per heavy atom. The fourth-order valence-electron chi connectivity index (χ4n) is 3.82. The van der Waals surface area contributed by atoms with E-state index in [1.807, 2.05) is 9.91 Å². The first kappa shape index (κ1) is 20.5. The highest BCUT2D eigenvalue weighted by Gasteiger charge is 2.31. The van der Waals surface area contributed by atoms with Gasteiger partial charge >= 0.3 is 0 Å². The molecular formula is C18H30N4O3S2. The van der Waals surface area contributed by atoms with Gasteiger partial charge in [0.1, 0.15) is 0 Å². The molecule has 27 heavy (non-hydrogen) atoms. The topological polar surface area (TPSA) is 73.0 Å². The summed E-state index contributed by atoms with van der Waals surface area (Å²) in [7, 11) is -2.93. The minimum atomic E-state index is -2.93. The van der Waals surface area contributed by atoms with Gasteiger partial charge in [-0.05, 0) is 50.7 Å². The van der Waals surface area contributed by atoms with Gasteiger partial charge in [0.2, 0.25) is 0 Å². The molecule has 3 aliphatic rings. The molecule has 0 saturated carbocycles. The summed E-state index contributed by atoms with van der Waals surface area (Å²) in [6.45, 7) is 3.32. The number of nitrogens with zero attached hydrogens (tertiary/aromatic N) is 3. The molecule has 2 saturated heterocycles. The summed E-state index contributed by atoms with van der Waals surface area (Å²) in [4.78, 5) is 14.6. The second-order valence-corrected chi connectivity index (χ2v) is 10.2. The first-order valence-corrected chi connectivity index (χ1v) is 12.1. The Morgan fingerprint density at radius 1 is 1.07 bits per heavy atom. The first-order valence-electron chi connectivity index (χ1n) is 9.91. The van der Waals surface area contributed by atoms with E-state index in [-0.39, 0.29) is 24.0 Å². The van der Waals surface area contributed by atoms with Gasteiger partial charge in [0, 0.05) is 32.7 Å². The van der Waals surface area contributed by atoms with Crippen LogP contribution in [0.2, 0.25) is 0 Å². The zero-order valence-corrected chi connectivity index (χ0v) is 17.5. The highest BCUT2D eigenvalue weighted by atomic mass is 32.2. The largest absolute Gasteiger partial charge is 0.361 e. The van der Waals surface area contributed by atoms with Gasteiger partial charge in [-0.25, -0.2) is 8.42 Å². The Labute approximate surface area is 167 Å². The number of allylic oxidation sites excluding steroid dienone is 1. The van der Waals surface area contributed by atoms with Gasteiger partial charge < -0.3 is 5.32 Å². The molecule has 7 nitrogen and oxygen atoms in total. The number of hydrazine groups is 1. The summed E-state index contributed by atoms with van der Waals surface area (Å²) >= 11 is 5.52. The summed E-state index contributed by atoms with van der Waals surface area (Å²) in [5, 5.41) is 7.50. The smallest absolute Gasteiger partial charge is 0.255 e. The lowest BCUT2D eigenvalue weighted by atomic mass is 9.97. The molecule has 1 aliphatic carbocycles. The van der Waals surface area contributed by atoms with Crippen molar-refractivity contribution in [3.05, 3.63) is 11.6 Å². The van der Waals surface area contributed by atoms with Crippen LogP contribution in [0, 0.1) is 0 Å². The normalized spacial score (nSPS) is 23.2. The standard InChI is InChI=1S/C18H30N4O3S2/c23-17(15-20-11-13-27(24,25)14-12-20)21-9-4-10-22(21)18(26)19-8-7-16-5-2-1-3-6-16/h5H,1-4,6-15H2,(H,19,26). The van der Waals surface area contributed by atoms with Crippen molar-refractivity contribution < 1.29 is 13.2 Å². The van der Waals surface area contributed by atoms with Crippen LogP contribution in [0.4, 0.5) is 0 Å². The lowest BCUT2D eigenvalue weighted by Gasteiger charge is -2.33. The molecule has 0 bridgehead atoms. The maximum Gasteiger partial charge on any atom is 0.255 e. The Hall–Kier alpha value is -1.19. The predicted molar refractivity (Wildman–Crippen MR) is 110 cm³/mol. The number of thiocarbonyl (C=S) groups is 1. The van der Waals surface area contributed by atoms with Crippen molar-refractivity contribution in [3.8, 4) is 0 Å². The van der Waals surface area contributed by atoms with Crippen LogP contribution in [0.5, 0.6) is 0 Å². The van der Waals surface area contributed by atoms with E-state index in [2.05, 4.69) is 11.4 Å². The third-order valence-electron chi connectivity index (χ3n) is 5.46. The fraction of sp³-hybridized carbons (Fsp3) is 0.778. The minimum Gasteiger partial charge on any atom is -0.361 e. The Balaban J connectivity index is 1.45. The van der Waals surface area contributed by atoms with Crippen LogP contribution in [-0.4, -0.2) is 85.1 Å². The van der Waals surface area contributed by atoms with Crippen LogP contribution >= 0.6 is 12.2 Å². The van der Waals surface area contributed by atoms with Gasteiger partial charge in [-0.1, -0.05) is 11.6 Å². The van der Waals surface area contributed by atoms with E-state index in [1.54, 1.807) is 5.01 Å². The van der Waals surface area contributed by atoms with Gasteiger partial charge in [0.05, 0.1) is 18.1 Å². The van der Waals surface area contributed by atoms with E-state index >= 15 is 0 Å². The van der Waals surface area contributed by atoms with E-state index in [4.69, 9.17) is 12.2 Å². The molecule has 2 heterocycles. The maximum atomic E-state index is 12.7. The fourth-order valence-corrected chi connectivity index (χ4v) is 5.39. The van der Waals surface area contributed by atoms with Crippen molar-refractivity contribution in [2.24, 2.45) is 0 Å². The van der Waals surface area contributed by atoms with Gasteiger partial charge in [-0.15, -0.1) is 0 Å². The number of sulfone groups is 1. The lowest BCUT2D eigenvalue weighted by molar-refractivity contribution is -0.140. The second kappa shape index (κ2) is 9.34. The first-order chi connectivity index (χ1) is 12.9. The van der Waals surface area contributed by atoms with Crippen LogP contribution in [0.1, 0.15) is 38.5 Å². The molecular weight excluding hydrogens is 384 g/mol. The number of carbonyl (C=O) groups is 1. The average Bonchev–Trinajstić information content (AvgIpc) is 3.14. The number of nitrogens with one attached hydrogen (secondary N) is 1. The van der Waals surface area contributed by atoms with Gasteiger partial charge in [0.15, 0.2) is 14.9 Å². The van der Waals surface area contributed by atoms with Crippen LogP contribution in [-0.2, 0) is 14.6 Å². The summed E-state index contributed by atoms with van der Waals surface area (Å²) in [6.07, 6.45) is 9.20. The van der Waals surface area contributed by atoms with Crippen LogP contribution in [0.25, 0.3) is 0 Å². The average molecular weight is 415 g/mol. The molecule has 0 radical (unpaired) electrons. The molecule has 0 aromatic rings. The van der Waals surface area contributed by atoms with Gasteiger partial charge in [-0.2, -0.15) is 0 Å². The van der Waals surface area contributed by atoms with E-state index in [0.717, 1.165) is 25.9 Å². The third-order valence-corrected chi connectivity index (χ3v) is 7.42. The lowest BCUT2D eigenvalue weighted by Crippen LogP contribution is -2.53. The monoisotopic (exact) mass is 414 g/mol. The van der Waals surface area contributed by atoms with Crippen molar-refractivity contribution >= 4 is 33.1 Å². The van der Waals surface area contributed by atoms with Crippen molar-refractivity contribution in [3.63, 3.8) is 0 Å². The molecule has 0 atom stereocenters. The predicted octanol–water partition coefficient (Wildman–Crippen LogP) is 0.931. The van der Waals surface area contributed by atoms with Crippen molar-refractivity contribution in [2.45, 2.75) is 38.5 Å². The van der Waals surface area contributed by atoms with Crippen LogP contribution in [0.15, 0.2) is 11.6 Å². The summed E-state index contributed by atoms with van der Waals surface area (Å²) in [5.41, 5.74) is 1.51. The van der Waals surface area contributed by atoms with E-state index in [1.165, 1.54) is 31.3 Å². The van der Waals surface area contributed by atoms with Gasteiger partial charge in [0.25, 0.3) is 5.91 Å².